The van der Waals surface area contributed by atoms with Crippen LogP contribution in [0.1, 0.15) is 21.5 Å². The zero-order chi connectivity index (χ0) is 17.8. The molecule has 0 spiro atoms. The van der Waals surface area contributed by atoms with E-state index >= 15 is 0 Å². The van der Waals surface area contributed by atoms with E-state index < -0.39 is 0 Å². The van der Waals surface area contributed by atoms with E-state index in [1.807, 2.05) is 36.4 Å². The molecule has 0 radical (unpaired) electrons. The minimum absolute atomic E-state index is 0.205. The second-order valence-electron chi connectivity index (χ2n) is 5.77. The molecule has 0 saturated carbocycles. The highest BCUT2D eigenvalue weighted by Crippen LogP contribution is 2.24. The standard InChI is InChI=1S/C20H18BrN3O/c1-13-6-5-9-18(14(13)2)23-16-10-15(11-22-12-16)20(25)24-19-8-4-3-7-17(19)21/h3-12,23H,1-2H3,(H,24,25). The molecule has 25 heavy (non-hydrogen) atoms. The van der Waals surface area contributed by atoms with Crippen molar-refractivity contribution in [1.82, 2.24) is 4.98 Å². The molecular weight excluding hydrogens is 378 g/mol. The number of carbonyl (C=O) groups excluding carboxylic acids is 1. The molecule has 3 rings (SSSR count). The molecule has 0 aliphatic rings. The van der Waals surface area contributed by atoms with Crippen molar-refractivity contribution in [3.63, 3.8) is 0 Å². The van der Waals surface area contributed by atoms with Gasteiger partial charge in [0.25, 0.3) is 5.91 Å². The van der Waals surface area contributed by atoms with Crippen molar-refractivity contribution >= 4 is 38.9 Å². The quantitative estimate of drug-likeness (QED) is 0.616. The lowest BCUT2D eigenvalue weighted by molar-refractivity contribution is 0.102. The highest BCUT2D eigenvalue weighted by atomic mass is 79.9. The Morgan fingerprint density at radius 2 is 1.76 bits per heavy atom. The summed E-state index contributed by atoms with van der Waals surface area (Å²) in [5, 5.41) is 6.22. The van der Waals surface area contributed by atoms with Crippen LogP contribution in [0.4, 0.5) is 17.1 Å². The van der Waals surface area contributed by atoms with Crippen molar-refractivity contribution in [2.45, 2.75) is 13.8 Å². The van der Waals surface area contributed by atoms with Crippen molar-refractivity contribution in [2.24, 2.45) is 0 Å². The number of nitrogens with one attached hydrogen (secondary N) is 2. The first-order chi connectivity index (χ1) is 12.0. The maximum absolute atomic E-state index is 12.5. The molecule has 0 aliphatic heterocycles. The van der Waals surface area contributed by atoms with Gasteiger partial charge in [-0.05, 0) is 65.2 Å². The highest BCUT2D eigenvalue weighted by Gasteiger charge is 2.10. The van der Waals surface area contributed by atoms with Crippen LogP contribution in [0.25, 0.3) is 0 Å². The van der Waals surface area contributed by atoms with Crippen LogP contribution in [0, 0.1) is 13.8 Å². The number of nitrogens with zero attached hydrogens (tertiary/aromatic N) is 1. The number of rotatable bonds is 4. The minimum atomic E-state index is -0.205. The largest absolute Gasteiger partial charge is 0.354 e. The van der Waals surface area contributed by atoms with E-state index in [0.717, 1.165) is 21.5 Å². The Morgan fingerprint density at radius 3 is 2.56 bits per heavy atom. The van der Waals surface area contributed by atoms with E-state index in [9.17, 15) is 4.79 Å². The summed E-state index contributed by atoms with van der Waals surface area (Å²) in [7, 11) is 0. The monoisotopic (exact) mass is 395 g/mol. The first-order valence-corrected chi connectivity index (χ1v) is 8.68. The van der Waals surface area contributed by atoms with E-state index in [-0.39, 0.29) is 5.91 Å². The van der Waals surface area contributed by atoms with E-state index in [2.05, 4.69) is 51.5 Å². The smallest absolute Gasteiger partial charge is 0.257 e. The number of halogens is 1. The van der Waals surface area contributed by atoms with Crippen LogP contribution in [0.3, 0.4) is 0 Å². The summed E-state index contributed by atoms with van der Waals surface area (Å²) in [6.45, 7) is 4.13. The molecule has 0 bridgehead atoms. The summed E-state index contributed by atoms with van der Waals surface area (Å²) in [6, 6.07) is 15.4. The Kier molecular flexibility index (Phi) is 5.14. The number of carbonyl (C=O) groups is 1. The third-order valence-corrected chi connectivity index (χ3v) is 4.70. The number of para-hydroxylation sites is 1. The first kappa shape index (κ1) is 17.2. The van der Waals surface area contributed by atoms with Crippen LogP contribution in [0.2, 0.25) is 0 Å². The molecule has 1 heterocycles. The van der Waals surface area contributed by atoms with Gasteiger partial charge in [0.05, 0.1) is 23.1 Å². The van der Waals surface area contributed by atoms with Crippen molar-refractivity contribution < 1.29 is 4.79 Å². The number of benzene rings is 2. The Morgan fingerprint density at radius 1 is 1.00 bits per heavy atom. The van der Waals surface area contributed by atoms with Crippen LogP contribution in [0.15, 0.2) is 65.4 Å². The summed E-state index contributed by atoms with van der Waals surface area (Å²) in [5.74, 6) is -0.205. The third-order valence-electron chi connectivity index (χ3n) is 4.01. The average Bonchev–Trinajstić information content (AvgIpc) is 2.61. The Hall–Kier alpha value is -2.66. The van der Waals surface area contributed by atoms with Gasteiger partial charge in [0.1, 0.15) is 0 Å². The molecule has 0 unspecified atom stereocenters. The summed E-state index contributed by atoms with van der Waals surface area (Å²) < 4.78 is 0.834. The molecular formula is C20H18BrN3O. The van der Waals surface area contributed by atoms with E-state index in [4.69, 9.17) is 0 Å². The van der Waals surface area contributed by atoms with Gasteiger partial charge in [0, 0.05) is 16.4 Å². The predicted octanol–water partition coefficient (Wildman–Crippen LogP) is 5.46. The fraction of sp³-hybridized carbons (Fsp3) is 0.100. The molecule has 2 aromatic carbocycles. The molecule has 0 saturated heterocycles. The van der Waals surface area contributed by atoms with Crippen molar-refractivity contribution in [3.05, 3.63) is 82.1 Å². The second-order valence-corrected chi connectivity index (χ2v) is 6.62. The number of anilines is 3. The van der Waals surface area contributed by atoms with Gasteiger partial charge in [0.2, 0.25) is 0 Å². The molecule has 0 aliphatic carbocycles. The summed E-state index contributed by atoms with van der Waals surface area (Å²) in [5.41, 5.74) is 5.37. The molecule has 3 aromatic rings. The lowest BCUT2D eigenvalue weighted by Gasteiger charge is -2.12. The molecule has 0 atom stereocenters. The van der Waals surface area contributed by atoms with Crippen molar-refractivity contribution in [3.8, 4) is 0 Å². The highest BCUT2D eigenvalue weighted by molar-refractivity contribution is 9.10. The molecule has 2 N–H and O–H groups in total. The van der Waals surface area contributed by atoms with E-state index in [0.29, 0.717) is 5.56 Å². The summed E-state index contributed by atoms with van der Waals surface area (Å²) in [4.78, 5) is 16.7. The van der Waals surface area contributed by atoms with Gasteiger partial charge < -0.3 is 10.6 Å². The number of aryl methyl sites for hydroxylation is 1. The van der Waals surface area contributed by atoms with Gasteiger partial charge in [0.15, 0.2) is 0 Å². The SMILES string of the molecule is Cc1cccc(Nc2cncc(C(=O)Nc3ccccc3Br)c2)c1C. The lowest BCUT2D eigenvalue weighted by Crippen LogP contribution is -2.13. The van der Waals surface area contributed by atoms with E-state index in [1.165, 1.54) is 11.1 Å². The first-order valence-electron chi connectivity index (χ1n) is 7.89. The number of hydrogen-bond donors (Lipinski definition) is 2. The normalized spacial score (nSPS) is 10.4. The summed E-state index contributed by atoms with van der Waals surface area (Å²) in [6.07, 6.45) is 3.26. The van der Waals surface area contributed by atoms with Crippen LogP contribution in [-0.4, -0.2) is 10.9 Å². The maximum Gasteiger partial charge on any atom is 0.257 e. The fourth-order valence-corrected chi connectivity index (χ4v) is 2.82. The predicted molar refractivity (Wildman–Crippen MR) is 106 cm³/mol. The maximum atomic E-state index is 12.5. The Bertz CT molecular complexity index is 924. The molecule has 4 nitrogen and oxygen atoms in total. The van der Waals surface area contributed by atoms with Crippen molar-refractivity contribution in [2.75, 3.05) is 10.6 Å². The van der Waals surface area contributed by atoms with Crippen LogP contribution < -0.4 is 10.6 Å². The fourth-order valence-electron chi connectivity index (χ4n) is 2.43. The zero-order valence-electron chi connectivity index (χ0n) is 14.0. The van der Waals surface area contributed by atoms with Gasteiger partial charge >= 0.3 is 0 Å². The minimum Gasteiger partial charge on any atom is -0.354 e. The Balaban J connectivity index is 1.80. The van der Waals surface area contributed by atoms with Gasteiger partial charge in [-0.3, -0.25) is 9.78 Å². The number of aromatic nitrogens is 1. The number of hydrogen-bond acceptors (Lipinski definition) is 3. The van der Waals surface area contributed by atoms with Crippen LogP contribution >= 0.6 is 15.9 Å². The number of pyridine rings is 1. The van der Waals surface area contributed by atoms with Crippen LogP contribution in [-0.2, 0) is 0 Å². The third kappa shape index (κ3) is 4.06. The van der Waals surface area contributed by atoms with Gasteiger partial charge in [-0.25, -0.2) is 0 Å². The summed E-state index contributed by atoms with van der Waals surface area (Å²) >= 11 is 3.43. The molecule has 1 aromatic heterocycles. The Labute approximate surface area is 155 Å². The van der Waals surface area contributed by atoms with Crippen molar-refractivity contribution in [1.29, 1.82) is 0 Å². The van der Waals surface area contributed by atoms with Gasteiger partial charge in [-0.1, -0.05) is 24.3 Å². The van der Waals surface area contributed by atoms with Gasteiger partial charge in [-0.15, -0.1) is 0 Å². The molecule has 0 fully saturated rings. The lowest BCUT2D eigenvalue weighted by atomic mass is 10.1. The average molecular weight is 396 g/mol. The molecule has 5 heteroatoms. The number of amides is 1. The molecule has 126 valence electrons. The van der Waals surface area contributed by atoms with Gasteiger partial charge in [-0.2, -0.15) is 0 Å². The van der Waals surface area contributed by atoms with E-state index in [1.54, 1.807) is 18.5 Å². The topological polar surface area (TPSA) is 54.0 Å². The molecule has 1 amide bonds. The second kappa shape index (κ2) is 7.49. The van der Waals surface area contributed by atoms with Crippen LogP contribution in [0.5, 0.6) is 0 Å². The zero-order valence-corrected chi connectivity index (χ0v) is 15.6.